The van der Waals surface area contributed by atoms with Crippen LogP contribution in [-0.4, -0.2) is 24.0 Å². The number of pyridine rings is 1. The Morgan fingerprint density at radius 1 is 1.05 bits per heavy atom. The predicted octanol–water partition coefficient (Wildman–Crippen LogP) is 3.61. The van der Waals surface area contributed by atoms with Crippen LogP contribution in [-0.2, 0) is 5.54 Å². The van der Waals surface area contributed by atoms with Gasteiger partial charge in [-0.25, -0.2) is 0 Å². The van der Waals surface area contributed by atoms with Gasteiger partial charge in [0.1, 0.15) is 0 Å². The molecule has 1 aromatic carbocycles. The molecule has 0 bridgehead atoms. The van der Waals surface area contributed by atoms with E-state index in [1.54, 1.807) is 0 Å². The molecule has 0 spiro atoms. The normalized spacial score (nSPS) is 16.6. The van der Waals surface area contributed by atoms with Crippen molar-refractivity contribution < 1.29 is 0 Å². The fourth-order valence-electron chi connectivity index (χ4n) is 2.95. The Morgan fingerprint density at radius 3 is 2.42 bits per heavy atom. The molecule has 3 rings (SSSR count). The summed E-state index contributed by atoms with van der Waals surface area (Å²) in [4.78, 5) is 6.70. The summed E-state index contributed by atoms with van der Waals surface area (Å²) >= 11 is 0. The Balaban J connectivity index is 2.17. The van der Waals surface area contributed by atoms with Crippen molar-refractivity contribution in [3.8, 4) is 11.1 Å². The second kappa shape index (κ2) is 4.46. The van der Waals surface area contributed by atoms with E-state index in [9.17, 15) is 0 Å². The van der Waals surface area contributed by atoms with E-state index in [-0.39, 0.29) is 5.54 Å². The van der Waals surface area contributed by atoms with Gasteiger partial charge in [0.15, 0.2) is 0 Å². The number of aryl methyl sites for hydroxylation is 1. The van der Waals surface area contributed by atoms with Crippen LogP contribution in [0.2, 0.25) is 0 Å². The number of nitrogens with zero attached hydrogens (tertiary/aromatic N) is 2. The molecule has 1 fully saturated rings. The standard InChI is InChI=1S/C17H20N2/c1-13-6-4-5-7-14(13)15-8-11-18-12-16(15)17(9-10-17)19(2)3/h4-8,11-12H,9-10H2,1-3H3. The van der Waals surface area contributed by atoms with Crippen molar-refractivity contribution in [2.75, 3.05) is 14.1 Å². The molecule has 0 N–H and O–H groups in total. The summed E-state index contributed by atoms with van der Waals surface area (Å²) in [5, 5.41) is 0. The van der Waals surface area contributed by atoms with Crippen LogP contribution < -0.4 is 0 Å². The largest absolute Gasteiger partial charge is 0.300 e. The summed E-state index contributed by atoms with van der Waals surface area (Å²) in [5.41, 5.74) is 5.55. The number of hydrogen-bond acceptors (Lipinski definition) is 2. The highest BCUT2D eigenvalue weighted by Gasteiger charge is 2.47. The first kappa shape index (κ1) is 12.4. The zero-order chi connectivity index (χ0) is 13.5. The van der Waals surface area contributed by atoms with E-state index < -0.39 is 0 Å². The number of hydrogen-bond donors (Lipinski definition) is 0. The summed E-state index contributed by atoms with van der Waals surface area (Å²) in [6.07, 6.45) is 6.40. The van der Waals surface area contributed by atoms with Gasteiger partial charge in [0, 0.05) is 17.9 Å². The molecule has 2 heteroatoms. The maximum Gasteiger partial charge on any atom is 0.0477 e. The number of benzene rings is 1. The molecule has 1 aliphatic rings. The van der Waals surface area contributed by atoms with Crippen molar-refractivity contribution in [2.45, 2.75) is 25.3 Å². The van der Waals surface area contributed by atoms with E-state index in [0.29, 0.717) is 0 Å². The number of rotatable bonds is 3. The van der Waals surface area contributed by atoms with Crippen LogP contribution in [0.1, 0.15) is 24.0 Å². The van der Waals surface area contributed by atoms with Gasteiger partial charge in [0.2, 0.25) is 0 Å². The van der Waals surface area contributed by atoms with Gasteiger partial charge in [-0.3, -0.25) is 9.88 Å². The lowest BCUT2D eigenvalue weighted by atomic mass is 9.92. The lowest BCUT2D eigenvalue weighted by Crippen LogP contribution is -2.28. The quantitative estimate of drug-likeness (QED) is 0.829. The average molecular weight is 252 g/mol. The Morgan fingerprint density at radius 2 is 1.79 bits per heavy atom. The fraction of sp³-hybridized carbons (Fsp3) is 0.353. The van der Waals surface area contributed by atoms with Crippen LogP contribution in [0.5, 0.6) is 0 Å². The molecule has 98 valence electrons. The Kier molecular flexibility index (Phi) is 2.90. The Labute approximate surface area is 115 Å². The van der Waals surface area contributed by atoms with Gasteiger partial charge in [-0.15, -0.1) is 0 Å². The van der Waals surface area contributed by atoms with Crippen molar-refractivity contribution in [3.63, 3.8) is 0 Å². The molecular weight excluding hydrogens is 232 g/mol. The van der Waals surface area contributed by atoms with Crippen molar-refractivity contribution in [2.24, 2.45) is 0 Å². The fourth-order valence-corrected chi connectivity index (χ4v) is 2.95. The van der Waals surface area contributed by atoms with E-state index in [4.69, 9.17) is 0 Å². The second-order valence-corrected chi connectivity index (χ2v) is 5.66. The van der Waals surface area contributed by atoms with Gasteiger partial charge in [-0.1, -0.05) is 24.3 Å². The molecule has 1 aliphatic carbocycles. The second-order valence-electron chi connectivity index (χ2n) is 5.66. The minimum Gasteiger partial charge on any atom is -0.300 e. The molecule has 1 saturated carbocycles. The molecule has 2 aromatic rings. The van der Waals surface area contributed by atoms with Crippen LogP contribution in [0.4, 0.5) is 0 Å². The van der Waals surface area contributed by atoms with E-state index in [0.717, 1.165) is 0 Å². The van der Waals surface area contributed by atoms with Gasteiger partial charge in [0.25, 0.3) is 0 Å². The topological polar surface area (TPSA) is 16.1 Å². The van der Waals surface area contributed by atoms with E-state index >= 15 is 0 Å². The maximum absolute atomic E-state index is 4.36. The van der Waals surface area contributed by atoms with Gasteiger partial charge >= 0.3 is 0 Å². The smallest absolute Gasteiger partial charge is 0.0477 e. The first-order valence-electron chi connectivity index (χ1n) is 6.83. The number of aromatic nitrogens is 1. The van der Waals surface area contributed by atoms with Crippen molar-refractivity contribution in [3.05, 3.63) is 53.9 Å². The minimum absolute atomic E-state index is 0.200. The molecular formula is C17H20N2. The zero-order valence-corrected chi connectivity index (χ0v) is 11.9. The molecule has 1 heterocycles. The lowest BCUT2D eigenvalue weighted by Gasteiger charge is -2.26. The molecule has 0 aliphatic heterocycles. The summed E-state index contributed by atoms with van der Waals surface area (Å²) in [7, 11) is 4.34. The highest BCUT2D eigenvalue weighted by molar-refractivity contribution is 5.71. The monoisotopic (exact) mass is 252 g/mol. The summed E-state index contributed by atoms with van der Waals surface area (Å²) in [5.74, 6) is 0. The molecule has 19 heavy (non-hydrogen) atoms. The van der Waals surface area contributed by atoms with E-state index in [1.165, 1.54) is 35.1 Å². The van der Waals surface area contributed by atoms with Crippen LogP contribution in [0.15, 0.2) is 42.7 Å². The summed E-state index contributed by atoms with van der Waals surface area (Å²) in [6.45, 7) is 2.18. The van der Waals surface area contributed by atoms with Gasteiger partial charge < -0.3 is 0 Å². The average Bonchev–Trinajstić information content (AvgIpc) is 3.21. The SMILES string of the molecule is Cc1ccccc1-c1ccncc1C1(N(C)C)CC1. The summed E-state index contributed by atoms with van der Waals surface area (Å²) in [6, 6.07) is 10.7. The third kappa shape index (κ3) is 1.96. The van der Waals surface area contributed by atoms with Gasteiger partial charge in [0.05, 0.1) is 0 Å². The highest BCUT2D eigenvalue weighted by Crippen LogP contribution is 2.52. The predicted molar refractivity (Wildman–Crippen MR) is 79.0 cm³/mol. The van der Waals surface area contributed by atoms with E-state index in [2.05, 4.69) is 67.4 Å². The molecule has 1 aromatic heterocycles. The molecule has 0 saturated heterocycles. The third-order valence-corrected chi connectivity index (χ3v) is 4.34. The first-order valence-corrected chi connectivity index (χ1v) is 6.83. The van der Waals surface area contributed by atoms with Crippen molar-refractivity contribution in [1.29, 1.82) is 0 Å². The first-order chi connectivity index (χ1) is 9.15. The molecule has 2 nitrogen and oxygen atoms in total. The van der Waals surface area contributed by atoms with Crippen molar-refractivity contribution >= 4 is 0 Å². The van der Waals surface area contributed by atoms with E-state index in [1.807, 2.05) is 6.20 Å². The van der Waals surface area contributed by atoms with Gasteiger partial charge in [-0.05, 0) is 62.2 Å². The Hall–Kier alpha value is -1.67. The Bertz CT molecular complexity index is 598. The maximum atomic E-state index is 4.36. The van der Waals surface area contributed by atoms with Crippen LogP contribution >= 0.6 is 0 Å². The molecule has 0 atom stereocenters. The van der Waals surface area contributed by atoms with Crippen molar-refractivity contribution in [1.82, 2.24) is 9.88 Å². The third-order valence-electron chi connectivity index (χ3n) is 4.34. The zero-order valence-electron chi connectivity index (χ0n) is 11.9. The van der Waals surface area contributed by atoms with Crippen LogP contribution in [0, 0.1) is 6.92 Å². The molecule has 0 radical (unpaired) electrons. The van der Waals surface area contributed by atoms with Crippen LogP contribution in [0.3, 0.4) is 0 Å². The highest BCUT2D eigenvalue weighted by atomic mass is 15.2. The van der Waals surface area contributed by atoms with Gasteiger partial charge in [-0.2, -0.15) is 0 Å². The summed E-state index contributed by atoms with van der Waals surface area (Å²) < 4.78 is 0. The molecule has 0 unspecified atom stereocenters. The molecule has 0 amide bonds. The lowest BCUT2D eigenvalue weighted by molar-refractivity contribution is 0.276. The van der Waals surface area contributed by atoms with Crippen LogP contribution in [0.25, 0.3) is 11.1 Å². The minimum atomic E-state index is 0.200.